The largest absolute Gasteiger partial charge is 0.465 e. The summed E-state index contributed by atoms with van der Waals surface area (Å²) in [7, 11) is 1.19. The van der Waals surface area contributed by atoms with E-state index < -0.39 is 11.8 Å². The molecule has 1 rings (SSSR count). The number of hydrazone groups is 1. The fourth-order valence-corrected chi connectivity index (χ4v) is 1.77. The highest BCUT2D eigenvalue weighted by Gasteiger charge is 2.20. The molecule has 0 heterocycles. The van der Waals surface area contributed by atoms with Crippen molar-refractivity contribution in [3.8, 4) is 0 Å². The molecular weight excluding hydrogens is 263 g/mol. The summed E-state index contributed by atoms with van der Waals surface area (Å²) in [5, 5.41) is 4.84. The lowest BCUT2D eigenvalue weighted by Gasteiger charge is -2.23. The van der Waals surface area contributed by atoms with Crippen LogP contribution in [0.1, 0.15) is 29.8 Å². The molecule has 0 fully saturated rings. The van der Waals surface area contributed by atoms with E-state index in [1.54, 1.807) is 0 Å². The molecule has 0 spiro atoms. The van der Waals surface area contributed by atoms with E-state index in [1.807, 2.05) is 13.8 Å². The molecule has 0 bridgehead atoms. The molecule has 0 radical (unpaired) electrons. The number of hydrazine groups is 1. The molecule has 0 saturated heterocycles. The van der Waals surface area contributed by atoms with Gasteiger partial charge >= 0.3 is 5.97 Å². The monoisotopic (exact) mass is 282 g/mol. The van der Waals surface area contributed by atoms with Crippen molar-refractivity contribution in [2.24, 2.45) is 22.7 Å². The predicted octanol–water partition coefficient (Wildman–Crippen LogP) is 1.53. The molecule has 0 aromatic heterocycles. The van der Waals surface area contributed by atoms with Gasteiger partial charge in [-0.3, -0.25) is 5.01 Å². The van der Waals surface area contributed by atoms with E-state index in [2.05, 4.69) is 9.84 Å². The first-order chi connectivity index (χ1) is 9.33. The van der Waals surface area contributed by atoms with E-state index in [0.29, 0.717) is 11.5 Å². The van der Waals surface area contributed by atoms with Crippen molar-refractivity contribution >= 4 is 17.5 Å². The molecule has 0 aliphatic rings. The van der Waals surface area contributed by atoms with Crippen LogP contribution >= 0.6 is 0 Å². The number of carbonyl (C=O) groups excluding carboxylic acids is 1. The Labute approximate surface area is 117 Å². The Balaban J connectivity index is 3.33. The maximum absolute atomic E-state index is 13.9. The lowest BCUT2D eigenvalue weighted by atomic mass is 10.1. The minimum atomic E-state index is -0.767. The molecule has 0 amide bonds. The van der Waals surface area contributed by atoms with Gasteiger partial charge in [0.1, 0.15) is 11.7 Å². The lowest BCUT2D eigenvalue weighted by molar-refractivity contribution is 0.0595. The fourth-order valence-electron chi connectivity index (χ4n) is 1.77. The molecular formula is C13H19FN4O2. The second-order valence-corrected chi connectivity index (χ2v) is 4.63. The number of carbonyl (C=O) groups is 1. The quantitative estimate of drug-likeness (QED) is 0.288. The number of hydrogen-bond acceptors (Lipinski definition) is 5. The molecule has 0 aliphatic carbocycles. The summed E-state index contributed by atoms with van der Waals surface area (Å²) in [6, 6.07) is 2.82. The summed E-state index contributed by atoms with van der Waals surface area (Å²) in [5.74, 6) is 10.2. The highest BCUT2D eigenvalue weighted by atomic mass is 19.1. The van der Waals surface area contributed by atoms with Crippen LogP contribution in [0.25, 0.3) is 0 Å². The van der Waals surface area contributed by atoms with E-state index in [-0.39, 0.29) is 17.0 Å². The van der Waals surface area contributed by atoms with E-state index in [1.165, 1.54) is 31.2 Å². The fraction of sp³-hybridized carbons (Fsp3) is 0.385. The number of hydrogen-bond donors (Lipinski definition) is 2. The van der Waals surface area contributed by atoms with Gasteiger partial charge in [0.25, 0.3) is 0 Å². The average molecular weight is 282 g/mol. The Morgan fingerprint density at radius 1 is 1.45 bits per heavy atom. The van der Waals surface area contributed by atoms with Crippen molar-refractivity contribution in [1.82, 2.24) is 0 Å². The topological polar surface area (TPSA) is 93.9 Å². The van der Waals surface area contributed by atoms with E-state index >= 15 is 0 Å². The number of nitrogens with two attached hydrogens (primary N) is 2. The molecule has 1 aromatic rings. The summed E-state index contributed by atoms with van der Waals surface area (Å²) in [4.78, 5) is 11.6. The van der Waals surface area contributed by atoms with Crippen molar-refractivity contribution in [2.45, 2.75) is 20.8 Å². The maximum Gasteiger partial charge on any atom is 0.340 e. The number of amidine groups is 1. The van der Waals surface area contributed by atoms with Gasteiger partial charge in [-0.15, -0.1) is 0 Å². The number of nitrogens with zero attached hydrogens (tertiary/aromatic N) is 2. The SMILES string of the molecule is COC(=O)c1cc(N(N)/C(=N\N)C(C)C)cc(C)c1F. The summed E-state index contributed by atoms with van der Waals surface area (Å²) in [6.45, 7) is 5.26. The molecule has 0 unspecified atom stereocenters. The van der Waals surface area contributed by atoms with Crippen LogP contribution in [0.4, 0.5) is 10.1 Å². The minimum Gasteiger partial charge on any atom is -0.465 e. The van der Waals surface area contributed by atoms with Gasteiger partial charge in [-0.05, 0) is 24.6 Å². The molecule has 6 nitrogen and oxygen atoms in total. The Morgan fingerprint density at radius 3 is 2.50 bits per heavy atom. The number of aryl methyl sites for hydroxylation is 1. The van der Waals surface area contributed by atoms with Gasteiger partial charge in [0.2, 0.25) is 0 Å². The maximum atomic E-state index is 13.9. The van der Waals surface area contributed by atoms with E-state index in [9.17, 15) is 9.18 Å². The standard InChI is InChI=1S/C13H19FN4O2/c1-7(2)12(17-15)18(16)9-5-8(3)11(14)10(6-9)13(19)20-4/h5-7H,15-16H2,1-4H3/b17-12-. The number of esters is 1. The molecule has 20 heavy (non-hydrogen) atoms. The van der Waals surface area contributed by atoms with Crippen LogP contribution in [-0.2, 0) is 4.74 Å². The van der Waals surface area contributed by atoms with Gasteiger partial charge < -0.3 is 10.6 Å². The van der Waals surface area contributed by atoms with Gasteiger partial charge in [0, 0.05) is 5.92 Å². The number of rotatable bonds is 3. The molecule has 1 aromatic carbocycles. The Hall–Kier alpha value is -2.15. The first-order valence-electron chi connectivity index (χ1n) is 6.04. The zero-order chi connectivity index (χ0) is 15.4. The van der Waals surface area contributed by atoms with Crippen molar-refractivity contribution < 1.29 is 13.9 Å². The number of methoxy groups -OCH3 is 1. The second kappa shape index (κ2) is 6.33. The highest BCUT2D eigenvalue weighted by molar-refractivity contribution is 5.99. The molecule has 0 aliphatic heterocycles. The second-order valence-electron chi connectivity index (χ2n) is 4.63. The van der Waals surface area contributed by atoms with Gasteiger partial charge in [0.05, 0.1) is 18.4 Å². The summed E-state index contributed by atoms with van der Waals surface area (Å²) < 4.78 is 18.5. The van der Waals surface area contributed by atoms with Crippen molar-refractivity contribution in [1.29, 1.82) is 0 Å². The number of ether oxygens (including phenoxy) is 1. The average Bonchev–Trinajstić information content (AvgIpc) is 2.40. The zero-order valence-electron chi connectivity index (χ0n) is 12.0. The molecule has 7 heteroatoms. The summed E-state index contributed by atoms with van der Waals surface area (Å²) in [6.07, 6.45) is 0. The van der Waals surface area contributed by atoms with Crippen LogP contribution in [-0.4, -0.2) is 18.9 Å². The highest BCUT2D eigenvalue weighted by Crippen LogP contribution is 2.23. The van der Waals surface area contributed by atoms with E-state index in [0.717, 1.165) is 0 Å². The molecule has 4 N–H and O–H groups in total. The third kappa shape index (κ3) is 3.05. The van der Waals surface area contributed by atoms with Crippen LogP contribution in [0, 0.1) is 18.7 Å². The minimum absolute atomic E-state index is 0.0306. The van der Waals surface area contributed by atoms with Gasteiger partial charge in [0.15, 0.2) is 0 Å². The van der Waals surface area contributed by atoms with Crippen LogP contribution in [0.5, 0.6) is 0 Å². The number of anilines is 1. The normalized spacial score (nSPS) is 11.7. The molecule has 0 atom stereocenters. The van der Waals surface area contributed by atoms with Crippen LogP contribution in [0.15, 0.2) is 17.2 Å². The van der Waals surface area contributed by atoms with Crippen LogP contribution in [0.2, 0.25) is 0 Å². The molecule has 0 saturated carbocycles. The number of halogens is 1. The van der Waals surface area contributed by atoms with Crippen molar-refractivity contribution in [2.75, 3.05) is 12.1 Å². The van der Waals surface area contributed by atoms with Gasteiger partial charge in [-0.2, -0.15) is 5.10 Å². The zero-order valence-corrected chi connectivity index (χ0v) is 12.0. The first kappa shape index (κ1) is 15.9. The Morgan fingerprint density at radius 2 is 2.05 bits per heavy atom. The Kier molecular flexibility index (Phi) is 5.04. The smallest absolute Gasteiger partial charge is 0.340 e. The predicted molar refractivity (Wildman–Crippen MR) is 75.6 cm³/mol. The molecule has 110 valence electrons. The van der Waals surface area contributed by atoms with E-state index in [4.69, 9.17) is 11.7 Å². The van der Waals surface area contributed by atoms with Gasteiger partial charge in [-0.1, -0.05) is 13.8 Å². The number of benzene rings is 1. The summed E-state index contributed by atoms with van der Waals surface area (Å²) >= 11 is 0. The third-order valence-electron chi connectivity index (χ3n) is 2.82. The van der Waals surface area contributed by atoms with Crippen molar-refractivity contribution in [3.63, 3.8) is 0 Å². The third-order valence-corrected chi connectivity index (χ3v) is 2.82. The first-order valence-corrected chi connectivity index (χ1v) is 6.04. The Bertz CT molecular complexity index is 543. The lowest BCUT2D eigenvalue weighted by Crippen LogP contribution is -2.41. The van der Waals surface area contributed by atoms with Crippen LogP contribution < -0.4 is 16.7 Å². The summed E-state index contributed by atoms with van der Waals surface area (Å²) in [5.41, 5.74) is 0.499. The van der Waals surface area contributed by atoms with Crippen molar-refractivity contribution in [3.05, 3.63) is 29.1 Å². The van der Waals surface area contributed by atoms with Crippen LogP contribution in [0.3, 0.4) is 0 Å². The van der Waals surface area contributed by atoms with Gasteiger partial charge in [-0.25, -0.2) is 15.0 Å².